The number of aliphatic hydroxyl groups excluding tert-OH is 1. The van der Waals surface area contributed by atoms with Crippen molar-refractivity contribution in [1.82, 2.24) is 0 Å². The highest BCUT2D eigenvalue weighted by Gasteiger charge is 2.34. The molecule has 1 rings (SSSR count). The fourth-order valence-electron chi connectivity index (χ4n) is 1.24. The molecule has 2 atom stereocenters. The average molecular weight is 259 g/mol. The molecule has 18 heavy (non-hydrogen) atoms. The van der Waals surface area contributed by atoms with Crippen LogP contribution in [0.1, 0.15) is 25.0 Å². The zero-order valence-corrected chi connectivity index (χ0v) is 9.82. The molecule has 0 heterocycles. The summed E-state index contributed by atoms with van der Waals surface area (Å²) in [4.78, 5) is 0. The normalized spacial score (nSPS) is 14.7. The first kappa shape index (κ1) is 14.3. The van der Waals surface area contributed by atoms with E-state index in [9.17, 15) is 18.3 Å². The van der Waals surface area contributed by atoms with Crippen LogP contribution in [-0.4, -0.2) is 17.3 Å². The number of rotatable bonds is 3. The molecule has 0 radical (unpaired) electrons. The SMILES string of the molecule is C[C@H](O)[C@H](C)Oc1ccc(C#N)c(C(F)(F)F)c1. The Balaban J connectivity index is 3.09. The van der Waals surface area contributed by atoms with Crippen LogP contribution in [0.5, 0.6) is 5.75 Å². The van der Waals surface area contributed by atoms with Gasteiger partial charge in [0.15, 0.2) is 0 Å². The van der Waals surface area contributed by atoms with E-state index >= 15 is 0 Å². The van der Waals surface area contributed by atoms with Gasteiger partial charge in [-0.1, -0.05) is 0 Å². The predicted octanol–water partition coefficient (Wildman–Crippen LogP) is 2.73. The summed E-state index contributed by atoms with van der Waals surface area (Å²) < 4.78 is 43.1. The summed E-state index contributed by atoms with van der Waals surface area (Å²) in [6.45, 7) is 3.01. The Labute approximate surface area is 102 Å². The Hall–Kier alpha value is -1.74. The van der Waals surface area contributed by atoms with Gasteiger partial charge in [0.05, 0.1) is 23.3 Å². The van der Waals surface area contributed by atoms with Gasteiger partial charge in [-0.3, -0.25) is 0 Å². The van der Waals surface area contributed by atoms with Gasteiger partial charge in [-0.25, -0.2) is 0 Å². The minimum absolute atomic E-state index is 0.0327. The van der Waals surface area contributed by atoms with Crippen molar-refractivity contribution in [3.05, 3.63) is 29.3 Å². The highest BCUT2D eigenvalue weighted by Crippen LogP contribution is 2.34. The maximum atomic E-state index is 12.7. The van der Waals surface area contributed by atoms with E-state index in [-0.39, 0.29) is 5.75 Å². The summed E-state index contributed by atoms with van der Waals surface area (Å²) in [6, 6.07) is 4.56. The predicted molar refractivity (Wildman–Crippen MR) is 57.9 cm³/mol. The highest BCUT2D eigenvalue weighted by molar-refractivity contribution is 5.44. The van der Waals surface area contributed by atoms with Crippen LogP contribution in [0, 0.1) is 11.3 Å². The maximum Gasteiger partial charge on any atom is 0.417 e. The van der Waals surface area contributed by atoms with Crippen molar-refractivity contribution in [3.63, 3.8) is 0 Å². The van der Waals surface area contributed by atoms with Crippen LogP contribution in [-0.2, 0) is 6.18 Å². The lowest BCUT2D eigenvalue weighted by molar-refractivity contribution is -0.137. The molecule has 0 amide bonds. The zero-order valence-electron chi connectivity index (χ0n) is 9.82. The second-order valence-electron chi connectivity index (χ2n) is 3.88. The summed E-state index contributed by atoms with van der Waals surface area (Å²) >= 11 is 0. The third-order valence-corrected chi connectivity index (χ3v) is 2.42. The van der Waals surface area contributed by atoms with Crippen LogP contribution in [0.15, 0.2) is 18.2 Å². The number of alkyl halides is 3. The number of nitrogens with zero attached hydrogens (tertiary/aromatic N) is 1. The van der Waals surface area contributed by atoms with Crippen molar-refractivity contribution in [2.75, 3.05) is 0 Å². The van der Waals surface area contributed by atoms with Gasteiger partial charge in [-0.05, 0) is 32.0 Å². The fraction of sp³-hybridized carbons (Fsp3) is 0.417. The third-order valence-electron chi connectivity index (χ3n) is 2.42. The molecule has 0 aliphatic rings. The van der Waals surface area contributed by atoms with Crippen molar-refractivity contribution in [2.45, 2.75) is 32.2 Å². The van der Waals surface area contributed by atoms with Gasteiger partial charge in [-0.15, -0.1) is 0 Å². The number of ether oxygens (including phenoxy) is 1. The van der Waals surface area contributed by atoms with Crippen LogP contribution >= 0.6 is 0 Å². The minimum atomic E-state index is -4.61. The molecule has 0 fully saturated rings. The molecule has 1 aromatic rings. The lowest BCUT2D eigenvalue weighted by atomic mass is 10.1. The molecule has 1 aromatic carbocycles. The van der Waals surface area contributed by atoms with Crippen molar-refractivity contribution >= 4 is 0 Å². The number of aliphatic hydroxyl groups is 1. The summed E-state index contributed by atoms with van der Waals surface area (Å²) in [5.74, 6) is -0.0327. The van der Waals surface area contributed by atoms with E-state index in [0.717, 1.165) is 12.1 Å². The Morgan fingerprint density at radius 1 is 1.33 bits per heavy atom. The molecule has 3 nitrogen and oxygen atoms in total. The van der Waals surface area contributed by atoms with Gasteiger partial charge in [-0.2, -0.15) is 18.4 Å². The largest absolute Gasteiger partial charge is 0.488 e. The molecule has 0 aliphatic heterocycles. The number of nitriles is 1. The number of hydrogen-bond donors (Lipinski definition) is 1. The molecule has 98 valence electrons. The van der Waals surface area contributed by atoms with Crippen molar-refractivity contribution in [2.24, 2.45) is 0 Å². The Morgan fingerprint density at radius 3 is 2.39 bits per heavy atom. The number of benzene rings is 1. The van der Waals surface area contributed by atoms with Crippen molar-refractivity contribution in [1.29, 1.82) is 5.26 Å². The first-order valence-electron chi connectivity index (χ1n) is 5.21. The molecule has 0 aromatic heterocycles. The lowest BCUT2D eigenvalue weighted by Crippen LogP contribution is -2.25. The van der Waals surface area contributed by atoms with Crippen molar-refractivity contribution < 1.29 is 23.0 Å². The lowest BCUT2D eigenvalue weighted by Gasteiger charge is -2.18. The van der Waals surface area contributed by atoms with E-state index in [4.69, 9.17) is 10.00 Å². The van der Waals surface area contributed by atoms with Gasteiger partial charge in [0.1, 0.15) is 11.9 Å². The van der Waals surface area contributed by atoms with Gasteiger partial charge >= 0.3 is 6.18 Å². The van der Waals surface area contributed by atoms with Gasteiger partial charge in [0.2, 0.25) is 0 Å². The van der Waals surface area contributed by atoms with E-state index < -0.39 is 29.5 Å². The van der Waals surface area contributed by atoms with Crippen molar-refractivity contribution in [3.8, 4) is 11.8 Å². The smallest absolute Gasteiger partial charge is 0.417 e. The first-order chi connectivity index (χ1) is 8.25. The number of hydrogen-bond acceptors (Lipinski definition) is 3. The molecule has 0 unspecified atom stereocenters. The molecular weight excluding hydrogens is 247 g/mol. The van der Waals surface area contributed by atoms with E-state index in [0.29, 0.717) is 0 Å². The first-order valence-corrected chi connectivity index (χ1v) is 5.21. The van der Waals surface area contributed by atoms with Crippen LogP contribution in [0.2, 0.25) is 0 Å². The average Bonchev–Trinajstić information content (AvgIpc) is 2.27. The molecule has 0 spiro atoms. The van der Waals surface area contributed by atoms with Crippen LogP contribution in [0.3, 0.4) is 0 Å². The molecule has 0 saturated heterocycles. The Kier molecular flexibility index (Phi) is 4.19. The summed E-state index contributed by atoms with van der Waals surface area (Å²) in [5.41, 5.74) is -1.50. The summed E-state index contributed by atoms with van der Waals surface area (Å²) in [5, 5.41) is 17.8. The maximum absolute atomic E-state index is 12.7. The Bertz CT molecular complexity index is 463. The zero-order chi connectivity index (χ0) is 13.9. The van der Waals surface area contributed by atoms with Gasteiger partial charge in [0, 0.05) is 0 Å². The van der Waals surface area contributed by atoms with Gasteiger partial charge in [0.25, 0.3) is 0 Å². The van der Waals surface area contributed by atoms with E-state index in [1.54, 1.807) is 0 Å². The molecule has 0 aliphatic carbocycles. The Morgan fingerprint density at radius 2 is 1.94 bits per heavy atom. The quantitative estimate of drug-likeness (QED) is 0.908. The third kappa shape index (κ3) is 3.37. The van der Waals surface area contributed by atoms with E-state index in [1.807, 2.05) is 0 Å². The van der Waals surface area contributed by atoms with Crippen LogP contribution in [0.4, 0.5) is 13.2 Å². The van der Waals surface area contributed by atoms with Crippen LogP contribution < -0.4 is 4.74 Å². The summed E-state index contributed by atoms with van der Waals surface area (Å²) in [6.07, 6.45) is -6.06. The van der Waals surface area contributed by atoms with E-state index in [2.05, 4.69) is 0 Å². The monoisotopic (exact) mass is 259 g/mol. The minimum Gasteiger partial charge on any atom is -0.488 e. The molecule has 6 heteroatoms. The standard InChI is InChI=1S/C12H12F3NO2/c1-7(17)8(2)18-10-4-3-9(6-16)11(5-10)12(13,14)15/h3-5,7-8,17H,1-2H3/t7-,8-/m0/s1. The van der Waals surface area contributed by atoms with E-state index in [1.165, 1.54) is 26.0 Å². The molecule has 0 saturated carbocycles. The second-order valence-corrected chi connectivity index (χ2v) is 3.88. The topological polar surface area (TPSA) is 53.2 Å². The summed E-state index contributed by atoms with van der Waals surface area (Å²) in [7, 11) is 0. The number of halogens is 3. The molecule has 0 bridgehead atoms. The van der Waals surface area contributed by atoms with Gasteiger partial charge < -0.3 is 9.84 Å². The molecule has 1 N–H and O–H groups in total. The second kappa shape index (κ2) is 5.27. The highest BCUT2D eigenvalue weighted by atomic mass is 19.4. The van der Waals surface area contributed by atoms with Crippen LogP contribution in [0.25, 0.3) is 0 Å². The molecular formula is C12H12F3NO2. The fourth-order valence-corrected chi connectivity index (χ4v) is 1.24.